The minimum atomic E-state index is -3.47. The molecule has 1 aromatic carbocycles. The number of rotatable bonds is 4. The lowest BCUT2D eigenvalue weighted by molar-refractivity contribution is 0.180. The second kappa shape index (κ2) is 6.95. The molecule has 1 saturated heterocycles. The fourth-order valence-corrected chi connectivity index (χ4v) is 5.26. The molecule has 0 bridgehead atoms. The van der Waals surface area contributed by atoms with Gasteiger partial charge in [0.05, 0.1) is 10.6 Å². The highest BCUT2D eigenvalue weighted by atomic mass is 79.9. The molecule has 0 aliphatic carbocycles. The largest absolute Gasteiger partial charge is 0.361 e. The number of sulfonamides is 1. The Morgan fingerprint density at radius 1 is 1.17 bits per heavy atom. The fraction of sp³-hybridized carbons (Fsp3) is 0.438. The second-order valence-corrected chi connectivity index (χ2v) is 8.67. The molecule has 1 aliphatic rings. The molecule has 1 fully saturated rings. The van der Waals surface area contributed by atoms with Crippen LogP contribution in [0.15, 0.2) is 38.2 Å². The van der Waals surface area contributed by atoms with Gasteiger partial charge in [0.1, 0.15) is 5.76 Å². The van der Waals surface area contributed by atoms with Crippen LogP contribution in [0.1, 0.15) is 17.0 Å². The lowest BCUT2D eigenvalue weighted by Gasteiger charge is -2.34. The predicted octanol–water partition coefficient (Wildman–Crippen LogP) is 2.56. The van der Waals surface area contributed by atoms with Crippen molar-refractivity contribution in [2.75, 3.05) is 26.2 Å². The van der Waals surface area contributed by atoms with Crippen LogP contribution in [0.3, 0.4) is 0 Å². The van der Waals surface area contributed by atoms with Gasteiger partial charge >= 0.3 is 0 Å². The van der Waals surface area contributed by atoms with Crippen LogP contribution in [0, 0.1) is 13.8 Å². The first-order chi connectivity index (χ1) is 11.4. The zero-order valence-corrected chi connectivity index (χ0v) is 16.1. The Morgan fingerprint density at radius 3 is 2.42 bits per heavy atom. The number of aryl methyl sites for hydroxylation is 2. The third-order valence-electron chi connectivity index (χ3n) is 4.35. The quantitative estimate of drug-likeness (QED) is 0.770. The summed E-state index contributed by atoms with van der Waals surface area (Å²) in [6, 6.07) is 6.94. The number of aromatic nitrogens is 1. The van der Waals surface area contributed by atoms with E-state index in [0.29, 0.717) is 35.5 Å². The standard InChI is InChI=1S/C16H20BrN3O3S/c1-12-14(13(2)23-18-12)11-19-7-9-20(10-8-19)24(21,22)16-6-4-3-5-15(16)17/h3-6H,7-11H2,1-2H3. The van der Waals surface area contributed by atoms with Crippen molar-refractivity contribution in [2.45, 2.75) is 25.3 Å². The molecule has 0 saturated carbocycles. The van der Waals surface area contributed by atoms with Crippen LogP contribution in [-0.4, -0.2) is 49.0 Å². The van der Waals surface area contributed by atoms with E-state index >= 15 is 0 Å². The predicted molar refractivity (Wildman–Crippen MR) is 94.2 cm³/mol. The summed E-state index contributed by atoms with van der Waals surface area (Å²) in [5.41, 5.74) is 1.99. The second-order valence-electron chi connectivity index (χ2n) is 5.91. The SMILES string of the molecule is Cc1noc(C)c1CN1CCN(S(=O)(=O)c2ccccc2Br)CC1. The number of nitrogens with zero attached hydrogens (tertiary/aromatic N) is 3. The molecule has 1 aliphatic heterocycles. The summed E-state index contributed by atoms with van der Waals surface area (Å²) in [6.07, 6.45) is 0. The Labute approximate surface area is 150 Å². The molecule has 0 spiro atoms. The van der Waals surface area contributed by atoms with E-state index in [1.54, 1.807) is 22.5 Å². The van der Waals surface area contributed by atoms with Crippen molar-refractivity contribution in [1.29, 1.82) is 0 Å². The summed E-state index contributed by atoms with van der Waals surface area (Å²) >= 11 is 3.33. The molecule has 130 valence electrons. The van der Waals surface area contributed by atoms with E-state index in [9.17, 15) is 8.42 Å². The highest BCUT2D eigenvalue weighted by Crippen LogP contribution is 2.26. The van der Waals surface area contributed by atoms with Gasteiger partial charge in [-0.05, 0) is 41.9 Å². The van der Waals surface area contributed by atoms with Gasteiger partial charge in [0, 0.05) is 42.8 Å². The van der Waals surface area contributed by atoms with E-state index in [1.807, 2.05) is 19.9 Å². The monoisotopic (exact) mass is 413 g/mol. The summed E-state index contributed by atoms with van der Waals surface area (Å²) in [4.78, 5) is 2.56. The minimum absolute atomic E-state index is 0.323. The zero-order valence-electron chi connectivity index (χ0n) is 13.7. The van der Waals surface area contributed by atoms with E-state index in [1.165, 1.54) is 0 Å². The van der Waals surface area contributed by atoms with Crippen LogP contribution < -0.4 is 0 Å². The third kappa shape index (κ3) is 3.42. The maximum atomic E-state index is 12.8. The molecular formula is C16H20BrN3O3S. The molecular weight excluding hydrogens is 394 g/mol. The van der Waals surface area contributed by atoms with Gasteiger partial charge in [0.15, 0.2) is 0 Å². The van der Waals surface area contributed by atoms with Crippen LogP contribution in [0.25, 0.3) is 0 Å². The van der Waals surface area contributed by atoms with E-state index in [-0.39, 0.29) is 0 Å². The molecule has 2 aromatic rings. The maximum absolute atomic E-state index is 12.8. The van der Waals surface area contributed by atoms with E-state index in [0.717, 1.165) is 23.6 Å². The molecule has 0 unspecified atom stereocenters. The molecule has 0 amide bonds. The smallest absolute Gasteiger partial charge is 0.244 e. The summed E-state index contributed by atoms with van der Waals surface area (Å²) in [7, 11) is -3.47. The third-order valence-corrected chi connectivity index (χ3v) is 7.26. The average Bonchev–Trinajstić information content (AvgIpc) is 2.87. The zero-order chi connectivity index (χ0) is 17.3. The molecule has 0 N–H and O–H groups in total. The molecule has 0 radical (unpaired) electrons. The molecule has 24 heavy (non-hydrogen) atoms. The average molecular weight is 414 g/mol. The number of benzene rings is 1. The van der Waals surface area contributed by atoms with E-state index in [2.05, 4.69) is 26.0 Å². The Hall–Kier alpha value is -1.22. The van der Waals surface area contributed by atoms with Gasteiger partial charge in [0.2, 0.25) is 10.0 Å². The van der Waals surface area contributed by atoms with Gasteiger partial charge in [-0.2, -0.15) is 4.31 Å². The first-order valence-electron chi connectivity index (χ1n) is 7.78. The molecule has 6 nitrogen and oxygen atoms in total. The lowest BCUT2D eigenvalue weighted by atomic mass is 10.2. The fourth-order valence-electron chi connectivity index (χ4n) is 2.87. The maximum Gasteiger partial charge on any atom is 0.244 e. The van der Waals surface area contributed by atoms with Crippen molar-refractivity contribution in [3.05, 3.63) is 45.8 Å². The van der Waals surface area contributed by atoms with Crippen LogP contribution >= 0.6 is 15.9 Å². The van der Waals surface area contributed by atoms with E-state index < -0.39 is 10.0 Å². The Balaban J connectivity index is 1.68. The van der Waals surface area contributed by atoms with Gasteiger partial charge in [-0.25, -0.2) is 8.42 Å². The summed E-state index contributed by atoms with van der Waals surface area (Å²) < 4.78 is 32.9. The van der Waals surface area contributed by atoms with Crippen molar-refractivity contribution >= 4 is 26.0 Å². The summed E-state index contributed by atoms with van der Waals surface area (Å²) in [5.74, 6) is 0.829. The van der Waals surface area contributed by atoms with Crippen molar-refractivity contribution < 1.29 is 12.9 Å². The van der Waals surface area contributed by atoms with Crippen molar-refractivity contribution in [3.63, 3.8) is 0 Å². The molecule has 2 heterocycles. The Kier molecular flexibility index (Phi) is 5.10. The van der Waals surface area contributed by atoms with Gasteiger partial charge < -0.3 is 4.52 Å². The number of hydrogen-bond acceptors (Lipinski definition) is 5. The topological polar surface area (TPSA) is 66.7 Å². The molecule has 1 aromatic heterocycles. The van der Waals surface area contributed by atoms with Gasteiger partial charge in [-0.15, -0.1) is 0 Å². The summed E-state index contributed by atoms with van der Waals surface area (Å²) in [5, 5.41) is 3.97. The normalized spacial score (nSPS) is 17.3. The van der Waals surface area contributed by atoms with E-state index in [4.69, 9.17) is 4.52 Å². The van der Waals surface area contributed by atoms with Gasteiger partial charge in [0.25, 0.3) is 0 Å². The summed E-state index contributed by atoms with van der Waals surface area (Å²) in [6.45, 7) is 6.91. The lowest BCUT2D eigenvalue weighted by Crippen LogP contribution is -2.48. The highest BCUT2D eigenvalue weighted by molar-refractivity contribution is 9.10. The molecule has 3 rings (SSSR count). The highest BCUT2D eigenvalue weighted by Gasteiger charge is 2.30. The first-order valence-corrected chi connectivity index (χ1v) is 10.0. The minimum Gasteiger partial charge on any atom is -0.361 e. The van der Waals surface area contributed by atoms with Crippen molar-refractivity contribution in [2.24, 2.45) is 0 Å². The van der Waals surface area contributed by atoms with Gasteiger partial charge in [-0.1, -0.05) is 17.3 Å². The molecule has 0 atom stereocenters. The first kappa shape index (κ1) is 17.6. The van der Waals surface area contributed by atoms with Crippen LogP contribution in [0.5, 0.6) is 0 Å². The van der Waals surface area contributed by atoms with Crippen LogP contribution in [0.4, 0.5) is 0 Å². The van der Waals surface area contributed by atoms with Crippen LogP contribution in [0.2, 0.25) is 0 Å². The number of hydrogen-bond donors (Lipinski definition) is 0. The van der Waals surface area contributed by atoms with Gasteiger partial charge in [-0.3, -0.25) is 4.90 Å². The van der Waals surface area contributed by atoms with Crippen LogP contribution in [-0.2, 0) is 16.6 Å². The van der Waals surface area contributed by atoms with Crippen molar-refractivity contribution in [3.8, 4) is 0 Å². The number of piperazine rings is 1. The Bertz CT molecular complexity index is 807. The molecule has 8 heteroatoms. The number of halogens is 1. The van der Waals surface area contributed by atoms with Crippen molar-refractivity contribution in [1.82, 2.24) is 14.4 Å². The Morgan fingerprint density at radius 2 is 1.83 bits per heavy atom.